The molecule has 0 spiro atoms. The minimum atomic E-state index is -0.285. The first-order valence-electron chi connectivity index (χ1n) is 11.7. The zero-order valence-corrected chi connectivity index (χ0v) is 20.3. The second kappa shape index (κ2) is 11.0. The average Bonchev–Trinajstić information content (AvgIpc) is 2.84. The van der Waals surface area contributed by atoms with Gasteiger partial charge in [0.25, 0.3) is 11.8 Å². The van der Waals surface area contributed by atoms with Crippen molar-refractivity contribution in [2.45, 2.75) is 27.2 Å². The highest BCUT2D eigenvalue weighted by atomic mass is 16.5. The summed E-state index contributed by atoms with van der Waals surface area (Å²) in [5.41, 5.74) is 4.44. The molecule has 0 aromatic heterocycles. The molecule has 2 amide bonds. The van der Waals surface area contributed by atoms with Gasteiger partial charge in [-0.25, -0.2) is 0 Å². The highest BCUT2D eigenvalue weighted by molar-refractivity contribution is 5.99. The predicted molar refractivity (Wildman–Crippen MR) is 136 cm³/mol. The van der Waals surface area contributed by atoms with Gasteiger partial charge in [0.1, 0.15) is 17.2 Å². The molecule has 0 fully saturated rings. The molecule has 182 valence electrons. The number of benzene rings is 3. The van der Waals surface area contributed by atoms with Crippen LogP contribution in [0.1, 0.15) is 23.1 Å². The summed E-state index contributed by atoms with van der Waals surface area (Å²) in [4.78, 5) is 26.8. The number of anilines is 2. The fourth-order valence-corrected chi connectivity index (χ4v) is 3.86. The molecule has 4 rings (SSSR count). The monoisotopic (exact) mass is 474 g/mol. The first kappa shape index (κ1) is 24.1. The molecule has 3 aromatic carbocycles. The van der Waals surface area contributed by atoms with Crippen LogP contribution in [0.2, 0.25) is 0 Å². The zero-order valence-electron chi connectivity index (χ0n) is 20.3. The van der Waals surface area contributed by atoms with Gasteiger partial charge in [0.2, 0.25) is 0 Å². The molecule has 7 heteroatoms. The van der Waals surface area contributed by atoms with Crippen molar-refractivity contribution in [3.63, 3.8) is 0 Å². The maximum atomic E-state index is 12.6. The van der Waals surface area contributed by atoms with Crippen LogP contribution in [0.4, 0.5) is 11.4 Å². The van der Waals surface area contributed by atoms with E-state index in [-0.39, 0.29) is 25.0 Å². The number of aryl methyl sites for hydroxylation is 2. The van der Waals surface area contributed by atoms with Gasteiger partial charge in [0.05, 0.1) is 12.3 Å². The van der Waals surface area contributed by atoms with Crippen LogP contribution < -0.4 is 24.4 Å². The maximum Gasteiger partial charge on any atom is 0.265 e. The lowest BCUT2D eigenvalue weighted by atomic mass is 10.1. The number of carbonyl (C=O) groups is 2. The molecule has 0 atom stereocenters. The molecule has 0 bridgehead atoms. The highest BCUT2D eigenvalue weighted by Crippen LogP contribution is 2.34. The zero-order chi connectivity index (χ0) is 24.8. The van der Waals surface area contributed by atoms with E-state index in [4.69, 9.17) is 14.2 Å². The number of fused-ring (bicyclic) bond motifs is 1. The van der Waals surface area contributed by atoms with Crippen LogP contribution in [0.25, 0.3) is 0 Å². The fraction of sp³-hybridized carbons (Fsp3) is 0.286. The van der Waals surface area contributed by atoms with Crippen molar-refractivity contribution < 1.29 is 23.8 Å². The number of hydrogen-bond acceptors (Lipinski definition) is 5. The number of amides is 2. The highest BCUT2D eigenvalue weighted by Gasteiger charge is 2.25. The van der Waals surface area contributed by atoms with E-state index in [2.05, 4.69) is 5.32 Å². The van der Waals surface area contributed by atoms with Gasteiger partial charge in [-0.15, -0.1) is 0 Å². The third kappa shape index (κ3) is 6.12. The topological polar surface area (TPSA) is 77.1 Å². The number of rotatable bonds is 9. The van der Waals surface area contributed by atoms with Crippen molar-refractivity contribution >= 4 is 23.2 Å². The first-order chi connectivity index (χ1) is 16.9. The third-order valence-electron chi connectivity index (χ3n) is 5.88. The minimum Gasteiger partial charge on any atom is -0.494 e. The van der Waals surface area contributed by atoms with Crippen LogP contribution in [-0.4, -0.2) is 38.2 Å². The summed E-state index contributed by atoms with van der Waals surface area (Å²) in [6, 6.07) is 18.9. The average molecular weight is 475 g/mol. The van der Waals surface area contributed by atoms with E-state index >= 15 is 0 Å². The van der Waals surface area contributed by atoms with E-state index in [0.717, 1.165) is 22.4 Å². The van der Waals surface area contributed by atoms with E-state index < -0.39 is 0 Å². The van der Waals surface area contributed by atoms with E-state index in [1.807, 2.05) is 63.2 Å². The van der Waals surface area contributed by atoms with Gasteiger partial charge in [0, 0.05) is 12.2 Å². The Bertz CT molecular complexity index is 1220. The van der Waals surface area contributed by atoms with E-state index in [9.17, 15) is 9.59 Å². The fourth-order valence-electron chi connectivity index (χ4n) is 3.86. The standard InChI is InChI=1S/C28H30N2O5/c1-19-7-4-9-23(15-19)33-14-6-13-30-24-16-22(11-12-26(24)35-18-28(30)32)29-27(31)17-34-25-10-5-8-20(2)21(25)3/h4-5,7-12,15-16H,6,13-14,17-18H2,1-3H3,(H,29,31). The predicted octanol–water partition coefficient (Wildman–Crippen LogP) is 4.82. The van der Waals surface area contributed by atoms with Gasteiger partial charge < -0.3 is 24.4 Å². The molecule has 1 aliphatic rings. The van der Waals surface area contributed by atoms with E-state index in [0.29, 0.717) is 42.4 Å². The van der Waals surface area contributed by atoms with Crippen LogP contribution in [0, 0.1) is 20.8 Å². The normalized spacial score (nSPS) is 12.5. The molecular formula is C28H30N2O5. The summed E-state index contributed by atoms with van der Waals surface area (Å²) in [5.74, 6) is 1.69. The van der Waals surface area contributed by atoms with Gasteiger partial charge in [-0.2, -0.15) is 0 Å². The van der Waals surface area contributed by atoms with E-state index in [1.165, 1.54) is 0 Å². The van der Waals surface area contributed by atoms with Crippen molar-refractivity contribution in [2.75, 3.05) is 36.6 Å². The lowest BCUT2D eigenvalue weighted by Gasteiger charge is -2.30. The first-order valence-corrected chi connectivity index (χ1v) is 11.7. The van der Waals surface area contributed by atoms with Gasteiger partial charge >= 0.3 is 0 Å². The molecular weight excluding hydrogens is 444 g/mol. The van der Waals surface area contributed by atoms with Crippen molar-refractivity contribution in [3.8, 4) is 17.2 Å². The smallest absolute Gasteiger partial charge is 0.265 e. The quantitative estimate of drug-likeness (QED) is 0.450. The Kier molecular flexibility index (Phi) is 7.55. The number of nitrogens with zero attached hydrogens (tertiary/aromatic N) is 1. The number of carbonyl (C=O) groups excluding carboxylic acids is 2. The Morgan fingerprint density at radius 3 is 2.69 bits per heavy atom. The van der Waals surface area contributed by atoms with Crippen molar-refractivity contribution in [1.29, 1.82) is 0 Å². The summed E-state index contributed by atoms with van der Waals surface area (Å²) in [7, 11) is 0. The molecule has 0 aliphatic carbocycles. The summed E-state index contributed by atoms with van der Waals surface area (Å²) in [6.07, 6.45) is 0.652. The summed E-state index contributed by atoms with van der Waals surface area (Å²) in [6.45, 7) is 6.81. The maximum absolute atomic E-state index is 12.6. The lowest BCUT2D eigenvalue weighted by Crippen LogP contribution is -2.39. The summed E-state index contributed by atoms with van der Waals surface area (Å²) in [5, 5.41) is 2.84. The Morgan fingerprint density at radius 1 is 1.03 bits per heavy atom. The Hall–Kier alpha value is -4.00. The van der Waals surface area contributed by atoms with Gasteiger partial charge in [0.15, 0.2) is 13.2 Å². The molecule has 1 N–H and O–H groups in total. The molecule has 0 saturated carbocycles. The minimum absolute atomic E-state index is 0.0128. The third-order valence-corrected chi connectivity index (χ3v) is 5.88. The van der Waals surface area contributed by atoms with Crippen molar-refractivity contribution in [3.05, 3.63) is 77.4 Å². The lowest BCUT2D eigenvalue weighted by molar-refractivity contribution is -0.121. The molecule has 35 heavy (non-hydrogen) atoms. The van der Waals surface area contributed by atoms with E-state index in [1.54, 1.807) is 23.1 Å². The molecule has 0 unspecified atom stereocenters. The van der Waals surface area contributed by atoms with Crippen LogP contribution in [0.5, 0.6) is 17.2 Å². The molecule has 3 aromatic rings. The largest absolute Gasteiger partial charge is 0.494 e. The summed E-state index contributed by atoms with van der Waals surface area (Å²) >= 11 is 0. The molecule has 1 heterocycles. The Labute approximate surface area is 205 Å². The molecule has 0 radical (unpaired) electrons. The SMILES string of the molecule is Cc1cccc(OCCCN2C(=O)COc3ccc(NC(=O)COc4cccc(C)c4C)cc32)c1. The Balaban J connectivity index is 1.36. The number of ether oxygens (including phenoxy) is 3. The van der Waals surface area contributed by atoms with Gasteiger partial charge in [-0.05, 0) is 80.3 Å². The second-order valence-corrected chi connectivity index (χ2v) is 8.57. The van der Waals surface area contributed by atoms with Crippen LogP contribution in [0.15, 0.2) is 60.7 Å². The van der Waals surface area contributed by atoms with Gasteiger partial charge in [-0.3, -0.25) is 9.59 Å². The Morgan fingerprint density at radius 2 is 1.86 bits per heavy atom. The van der Waals surface area contributed by atoms with Crippen molar-refractivity contribution in [1.82, 2.24) is 0 Å². The number of nitrogens with one attached hydrogen (secondary N) is 1. The molecule has 1 aliphatic heterocycles. The number of hydrogen-bond donors (Lipinski definition) is 1. The van der Waals surface area contributed by atoms with Gasteiger partial charge in [-0.1, -0.05) is 24.3 Å². The molecule has 0 saturated heterocycles. The van der Waals surface area contributed by atoms with Crippen molar-refractivity contribution in [2.24, 2.45) is 0 Å². The van der Waals surface area contributed by atoms with Crippen LogP contribution in [0.3, 0.4) is 0 Å². The molecule has 7 nitrogen and oxygen atoms in total. The second-order valence-electron chi connectivity index (χ2n) is 8.57. The van der Waals surface area contributed by atoms with Crippen LogP contribution >= 0.6 is 0 Å². The summed E-state index contributed by atoms with van der Waals surface area (Å²) < 4.78 is 17.1. The van der Waals surface area contributed by atoms with Crippen LogP contribution in [-0.2, 0) is 9.59 Å².